The molecule has 33 heavy (non-hydrogen) atoms. The van der Waals surface area contributed by atoms with Gasteiger partial charge in [0.25, 0.3) is 5.91 Å². The molecule has 176 valence electrons. The topological polar surface area (TPSA) is 122 Å². The molecule has 0 aliphatic carbocycles. The Morgan fingerprint density at radius 1 is 1.09 bits per heavy atom. The lowest BCUT2D eigenvalue weighted by molar-refractivity contribution is -0.152. The second-order valence-electron chi connectivity index (χ2n) is 7.38. The van der Waals surface area contributed by atoms with Gasteiger partial charge in [0.1, 0.15) is 16.8 Å². The number of ether oxygens (including phenoxy) is 1. The van der Waals surface area contributed by atoms with Crippen LogP contribution in [0.4, 0.5) is 9.18 Å². The van der Waals surface area contributed by atoms with Crippen molar-refractivity contribution in [2.24, 2.45) is 0 Å². The van der Waals surface area contributed by atoms with Gasteiger partial charge in [-0.3, -0.25) is 14.9 Å². The zero-order chi connectivity index (χ0) is 24.0. The summed E-state index contributed by atoms with van der Waals surface area (Å²) in [7, 11) is -4.40. The molecule has 0 aromatic heterocycles. The Morgan fingerprint density at radius 3 is 2.45 bits per heavy atom. The Kier molecular flexibility index (Phi) is 7.77. The summed E-state index contributed by atoms with van der Waals surface area (Å²) < 4.78 is 46.7. The Hall–Kier alpha value is -3.31. The molecule has 3 rings (SSSR count). The number of fused-ring (bicyclic) bond motifs is 1. The van der Waals surface area contributed by atoms with Crippen LogP contribution in [0.5, 0.6) is 0 Å². The van der Waals surface area contributed by atoms with Gasteiger partial charge in [-0.2, -0.15) is 4.31 Å². The summed E-state index contributed by atoms with van der Waals surface area (Å²) in [4.78, 5) is 35.8. The first kappa shape index (κ1) is 24.3. The van der Waals surface area contributed by atoms with Gasteiger partial charge in [0, 0.05) is 19.5 Å². The van der Waals surface area contributed by atoms with E-state index in [1.807, 2.05) is 12.2 Å². The molecule has 0 unspecified atom stereocenters. The molecule has 2 N–H and O–H groups in total. The molecule has 1 aliphatic rings. The van der Waals surface area contributed by atoms with E-state index in [4.69, 9.17) is 4.74 Å². The van der Waals surface area contributed by atoms with Crippen LogP contribution in [0.3, 0.4) is 0 Å². The molecule has 0 saturated carbocycles. The summed E-state index contributed by atoms with van der Waals surface area (Å²) in [5, 5.41) is 4.46. The van der Waals surface area contributed by atoms with Crippen LogP contribution in [0.25, 0.3) is 0 Å². The van der Waals surface area contributed by atoms with E-state index in [0.717, 1.165) is 22.0 Å². The fourth-order valence-electron chi connectivity index (χ4n) is 3.41. The number of benzene rings is 2. The van der Waals surface area contributed by atoms with Crippen LogP contribution in [0, 0.1) is 5.82 Å². The number of nitrogens with zero attached hydrogens (tertiary/aromatic N) is 1. The van der Waals surface area contributed by atoms with Crippen LogP contribution in [-0.4, -0.2) is 49.8 Å². The third kappa shape index (κ3) is 5.74. The number of nitrogens with one attached hydrogen (secondary N) is 2. The van der Waals surface area contributed by atoms with Crippen molar-refractivity contribution in [2.45, 2.75) is 37.2 Å². The number of carbonyl (C=O) groups is 3. The summed E-state index contributed by atoms with van der Waals surface area (Å²) in [5.74, 6) is -2.79. The number of sulfonamides is 1. The van der Waals surface area contributed by atoms with Crippen LogP contribution in [0.1, 0.15) is 24.5 Å². The Labute approximate surface area is 191 Å². The number of imide groups is 1. The lowest BCUT2D eigenvalue weighted by atomic mass is 9.96. The predicted molar refractivity (Wildman–Crippen MR) is 116 cm³/mol. The van der Waals surface area contributed by atoms with E-state index in [0.29, 0.717) is 18.5 Å². The number of urea groups is 1. The number of hydrogen-bond donors (Lipinski definition) is 2. The highest BCUT2D eigenvalue weighted by molar-refractivity contribution is 7.89. The van der Waals surface area contributed by atoms with Crippen LogP contribution in [0.2, 0.25) is 0 Å². The van der Waals surface area contributed by atoms with E-state index in [1.54, 1.807) is 24.3 Å². The molecule has 0 spiro atoms. The van der Waals surface area contributed by atoms with Gasteiger partial charge in [-0.1, -0.05) is 43.3 Å². The van der Waals surface area contributed by atoms with Crippen molar-refractivity contribution in [1.82, 2.24) is 14.9 Å². The molecule has 0 radical (unpaired) electrons. The molecule has 0 saturated heterocycles. The predicted octanol–water partition coefficient (Wildman–Crippen LogP) is 1.72. The minimum atomic E-state index is -4.40. The maximum Gasteiger partial charge on any atom is 0.325 e. The van der Waals surface area contributed by atoms with Crippen LogP contribution in [0.15, 0.2) is 53.4 Å². The molecular weight excluding hydrogens is 453 g/mol. The van der Waals surface area contributed by atoms with Gasteiger partial charge >= 0.3 is 12.0 Å². The van der Waals surface area contributed by atoms with Crippen molar-refractivity contribution in [3.05, 3.63) is 65.5 Å². The van der Waals surface area contributed by atoms with E-state index >= 15 is 0 Å². The number of rotatable bonds is 7. The summed E-state index contributed by atoms with van der Waals surface area (Å²) in [5.41, 5.74) is 1.41. The first-order valence-electron chi connectivity index (χ1n) is 10.3. The fourth-order valence-corrected chi connectivity index (χ4v) is 5.03. The highest BCUT2D eigenvalue weighted by Crippen LogP contribution is 2.30. The molecular formula is C22H24FN3O6S. The lowest BCUT2D eigenvalue weighted by Gasteiger charge is -2.34. The van der Waals surface area contributed by atoms with Crippen molar-refractivity contribution < 1.29 is 31.9 Å². The molecule has 0 bridgehead atoms. The van der Waals surface area contributed by atoms with Crippen LogP contribution >= 0.6 is 0 Å². The molecule has 1 heterocycles. The second kappa shape index (κ2) is 10.5. The molecule has 3 amide bonds. The van der Waals surface area contributed by atoms with Gasteiger partial charge < -0.3 is 10.1 Å². The van der Waals surface area contributed by atoms with E-state index in [2.05, 4.69) is 5.32 Å². The van der Waals surface area contributed by atoms with Crippen LogP contribution in [-0.2, 0) is 37.3 Å². The monoisotopic (exact) mass is 477 g/mol. The van der Waals surface area contributed by atoms with Crippen molar-refractivity contribution in [3.63, 3.8) is 0 Å². The van der Waals surface area contributed by atoms with E-state index in [-0.39, 0.29) is 13.0 Å². The van der Waals surface area contributed by atoms with Gasteiger partial charge in [-0.15, -0.1) is 0 Å². The quantitative estimate of drug-likeness (QED) is 0.586. The maximum atomic E-state index is 14.3. The lowest BCUT2D eigenvalue weighted by Crippen LogP contribution is -2.50. The number of amides is 3. The van der Waals surface area contributed by atoms with E-state index in [9.17, 15) is 27.2 Å². The molecule has 2 aromatic carbocycles. The highest BCUT2D eigenvalue weighted by atomic mass is 32.2. The van der Waals surface area contributed by atoms with Gasteiger partial charge in [-0.05, 0) is 29.7 Å². The normalized spacial score (nSPS) is 15.9. The Balaban J connectivity index is 1.80. The van der Waals surface area contributed by atoms with Gasteiger partial charge in [0.2, 0.25) is 10.0 Å². The van der Waals surface area contributed by atoms with E-state index in [1.165, 1.54) is 12.1 Å². The Bertz CT molecular complexity index is 1150. The number of carbonyl (C=O) groups excluding carboxylic acids is 3. The molecule has 1 atom stereocenters. The van der Waals surface area contributed by atoms with Crippen molar-refractivity contribution >= 4 is 27.9 Å². The average molecular weight is 478 g/mol. The zero-order valence-corrected chi connectivity index (χ0v) is 18.7. The zero-order valence-electron chi connectivity index (χ0n) is 17.9. The Morgan fingerprint density at radius 2 is 1.76 bits per heavy atom. The van der Waals surface area contributed by atoms with E-state index < -0.39 is 51.3 Å². The van der Waals surface area contributed by atoms with Crippen molar-refractivity contribution in [3.8, 4) is 0 Å². The van der Waals surface area contributed by atoms with Gasteiger partial charge in [-0.25, -0.2) is 17.6 Å². The molecule has 11 heteroatoms. The van der Waals surface area contributed by atoms with Crippen LogP contribution < -0.4 is 10.6 Å². The largest absolute Gasteiger partial charge is 0.454 e. The fraction of sp³-hybridized carbons (Fsp3) is 0.318. The average Bonchev–Trinajstić information content (AvgIpc) is 2.80. The second-order valence-corrected chi connectivity index (χ2v) is 9.24. The van der Waals surface area contributed by atoms with Crippen molar-refractivity contribution in [1.29, 1.82) is 0 Å². The third-order valence-electron chi connectivity index (χ3n) is 5.03. The number of hydrogen-bond acceptors (Lipinski definition) is 6. The summed E-state index contributed by atoms with van der Waals surface area (Å²) >= 11 is 0. The summed E-state index contributed by atoms with van der Waals surface area (Å²) in [6.07, 6.45) is 0.660. The first-order chi connectivity index (χ1) is 15.7. The van der Waals surface area contributed by atoms with Gasteiger partial charge in [0.15, 0.2) is 6.61 Å². The summed E-state index contributed by atoms with van der Waals surface area (Å²) in [6, 6.07) is 9.82. The molecule has 9 nitrogen and oxygen atoms in total. The standard InChI is InChI=1S/C22H24FN3O6S/c1-2-11-24-22(29)25-20(27)14-32-21(28)18-12-15-7-3-4-8-16(15)13-26(18)33(30,31)19-10-6-5-9-17(19)23/h3-10,18H,2,11-14H2,1H3,(H2,24,25,27,29)/t18-/m0/s1. The highest BCUT2D eigenvalue weighted by Gasteiger charge is 2.41. The smallest absolute Gasteiger partial charge is 0.325 e. The first-order valence-corrected chi connectivity index (χ1v) is 11.8. The molecule has 0 fully saturated rings. The SMILES string of the molecule is CCCNC(=O)NC(=O)COC(=O)[C@@H]1Cc2ccccc2CN1S(=O)(=O)c1ccccc1F. The summed E-state index contributed by atoms with van der Waals surface area (Å²) in [6.45, 7) is 1.26. The number of esters is 1. The maximum absolute atomic E-state index is 14.3. The minimum absolute atomic E-state index is 0.0126. The van der Waals surface area contributed by atoms with Crippen molar-refractivity contribution in [2.75, 3.05) is 13.2 Å². The number of halogens is 1. The minimum Gasteiger partial charge on any atom is -0.454 e. The third-order valence-corrected chi connectivity index (χ3v) is 6.92. The molecule has 1 aliphatic heterocycles. The molecule has 2 aromatic rings. The van der Waals surface area contributed by atoms with Gasteiger partial charge in [0.05, 0.1) is 0 Å².